The van der Waals surface area contributed by atoms with E-state index in [2.05, 4.69) is 16.0 Å². The normalized spacial score (nSPS) is 17.4. The van der Waals surface area contributed by atoms with Crippen LogP contribution in [0.3, 0.4) is 0 Å². The minimum absolute atomic E-state index is 0.00597. The van der Waals surface area contributed by atoms with Crippen LogP contribution in [0.25, 0.3) is 0 Å². The molecule has 1 aliphatic carbocycles. The quantitative estimate of drug-likeness (QED) is 0.552. The summed E-state index contributed by atoms with van der Waals surface area (Å²) in [4.78, 5) is 36.0. The second-order valence-corrected chi connectivity index (χ2v) is 7.60. The molecule has 170 valence electrons. The Labute approximate surface area is 181 Å². The summed E-state index contributed by atoms with van der Waals surface area (Å²) in [5.74, 6) is -2.36. The number of alkyl halides is 3. The Balaban J connectivity index is 1.65. The summed E-state index contributed by atoms with van der Waals surface area (Å²) in [5, 5.41) is 6.99. The number of hydrogen-bond donors (Lipinski definition) is 3. The van der Waals surface area contributed by atoms with Crippen LogP contribution < -0.4 is 16.0 Å². The van der Waals surface area contributed by atoms with Crippen LogP contribution in [-0.4, -0.2) is 24.3 Å². The van der Waals surface area contributed by atoms with Gasteiger partial charge in [0, 0.05) is 24.6 Å². The van der Waals surface area contributed by atoms with Crippen molar-refractivity contribution in [3.05, 3.63) is 59.4 Å². The average Bonchev–Trinajstić information content (AvgIpc) is 3.45. The van der Waals surface area contributed by atoms with E-state index in [0.717, 1.165) is 18.6 Å². The standard InChI is InChI=1S/C22H21F4N3O3/c1-12-10-15(12)20(31)27-9-8-19(30)29-18-7-6-13(11-16(18)22(24,25)26)28-21(32)14-4-2-3-5-17(14)23/h2-7,11-12,15H,8-10H2,1H3,(H,27,31)(H,28,32)(H,29,30). The molecule has 1 saturated carbocycles. The van der Waals surface area contributed by atoms with Crippen LogP contribution in [0.4, 0.5) is 28.9 Å². The van der Waals surface area contributed by atoms with Gasteiger partial charge in [-0.1, -0.05) is 19.1 Å². The van der Waals surface area contributed by atoms with Gasteiger partial charge in [-0.2, -0.15) is 13.2 Å². The highest BCUT2D eigenvalue weighted by molar-refractivity contribution is 6.04. The number of amides is 3. The second kappa shape index (κ2) is 9.37. The number of hydrogen-bond acceptors (Lipinski definition) is 3. The molecule has 0 heterocycles. The number of halogens is 4. The van der Waals surface area contributed by atoms with Crippen molar-refractivity contribution in [2.75, 3.05) is 17.2 Å². The lowest BCUT2D eigenvalue weighted by Gasteiger charge is -2.16. The molecule has 0 saturated heterocycles. The number of nitrogens with one attached hydrogen (secondary N) is 3. The zero-order valence-corrected chi connectivity index (χ0v) is 17.1. The summed E-state index contributed by atoms with van der Waals surface area (Å²) in [6, 6.07) is 7.89. The van der Waals surface area contributed by atoms with Gasteiger partial charge in [0.15, 0.2) is 0 Å². The third-order valence-corrected chi connectivity index (χ3v) is 5.07. The van der Waals surface area contributed by atoms with Gasteiger partial charge in [0.25, 0.3) is 5.91 Å². The molecule has 3 amide bonds. The Bertz CT molecular complexity index is 1040. The Morgan fingerprint density at radius 3 is 2.38 bits per heavy atom. The maximum atomic E-state index is 13.7. The van der Waals surface area contributed by atoms with Crippen molar-refractivity contribution in [2.24, 2.45) is 11.8 Å². The molecule has 3 N–H and O–H groups in total. The highest BCUT2D eigenvalue weighted by Crippen LogP contribution is 2.38. The van der Waals surface area contributed by atoms with E-state index in [1.54, 1.807) is 0 Å². The predicted molar refractivity (Wildman–Crippen MR) is 109 cm³/mol. The monoisotopic (exact) mass is 451 g/mol. The molecule has 2 aromatic rings. The van der Waals surface area contributed by atoms with Crippen molar-refractivity contribution in [2.45, 2.75) is 25.9 Å². The maximum Gasteiger partial charge on any atom is 0.418 e. The fourth-order valence-corrected chi connectivity index (χ4v) is 3.14. The molecular weight excluding hydrogens is 430 g/mol. The highest BCUT2D eigenvalue weighted by Gasteiger charge is 2.39. The van der Waals surface area contributed by atoms with E-state index < -0.39 is 35.1 Å². The topological polar surface area (TPSA) is 87.3 Å². The van der Waals surface area contributed by atoms with Crippen LogP contribution in [0.2, 0.25) is 0 Å². The molecular formula is C22H21F4N3O3. The van der Waals surface area contributed by atoms with Gasteiger partial charge in [0.05, 0.1) is 16.8 Å². The first-order chi connectivity index (χ1) is 15.1. The third-order valence-electron chi connectivity index (χ3n) is 5.07. The van der Waals surface area contributed by atoms with Crippen LogP contribution in [0.5, 0.6) is 0 Å². The molecule has 0 spiro atoms. The van der Waals surface area contributed by atoms with E-state index in [4.69, 9.17) is 0 Å². The summed E-state index contributed by atoms with van der Waals surface area (Å²) >= 11 is 0. The molecule has 10 heteroatoms. The van der Waals surface area contributed by atoms with Crippen LogP contribution in [0, 0.1) is 17.7 Å². The van der Waals surface area contributed by atoms with Crippen molar-refractivity contribution < 1.29 is 31.9 Å². The number of benzene rings is 2. The largest absolute Gasteiger partial charge is 0.418 e. The number of anilines is 2. The molecule has 2 unspecified atom stereocenters. The zero-order valence-electron chi connectivity index (χ0n) is 17.1. The van der Waals surface area contributed by atoms with Crippen molar-refractivity contribution >= 4 is 29.1 Å². The fraction of sp³-hybridized carbons (Fsp3) is 0.318. The summed E-state index contributed by atoms with van der Waals surface area (Å²) in [6.07, 6.45) is -4.24. The van der Waals surface area contributed by atoms with Crippen LogP contribution in [0.1, 0.15) is 35.7 Å². The van der Waals surface area contributed by atoms with Gasteiger partial charge in [0.2, 0.25) is 11.8 Å². The number of rotatable bonds is 7. The number of carbonyl (C=O) groups excluding carboxylic acids is 3. The Morgan fingerprint density at radius 1 is 1.06 bits per heavy atom. The molecule has 1 aliphatic rings. The third kappa shape index (κ3) is 5.83. The lowest BCUT2D eigenvalue weighted by molar-refractivity contribution is -0.137. The lowest BCUT2D eigenvalue weighted by atomic mass is 10.1. The van der Waals surface area contributed by atoms with Gasteiger partial charge >= 0.3 is 6.18 Å². The second-order valence-electron chi connectivity index (χ2n) is 7.60. The zero-order chi connectivity index (χ0) is 23.5. The van der Waals surface area contributed by atoms with Gasteiger partial charge in [-0.15, -0.1) is 0 Å². The Morgan fingerprint density at radius 2 is 1.75 bits per heavy atom. The Kier molecular flexibility index (Phi) is 6.81. The van der Waals surface area contributed by atoms with Crippen LogP contribution in [0.15, 0.2) is 42.5 Å². The van der Waals surface area contributed by atoms with Crippen molar-refractivity contribution in [1.82, 2.24) is 5.32 Å². The highest BCUT2D eigenvalue weighted by atomic mass is 19.4. The van der Waals surface area contributed by atoms with Gasteiger partial charge in [-0.25, -0.2) is 4.39 Å². The van der Waals surface area contributed by atoms with Gasteiger partial charge in [0.1, 0.15) is 5.82 Å². The molecule has 32 heavy (non-hydrogen) atoms. The molecule has 0 bridgehead atoms. The van der Waals surface area contributed by atoms with Crippen molar-refractivity contribution in [3.8, 4) is 0 Å². The van der Waals surface area contributed by atoms with E-state index in [1.165, 1.54) is 24.3 Å². The molecule has 6 nitrogen and oxygen atoms in total. The van der Waals surface area contributed by atoms with Crippen LogP contribution in [-0.2, 0) is 15.8 Å². The molecule has 0 aliphatic heterocycles. The van der Waals surface area contributed by atoms with E-state index in [1.807, 2.05) is 6.92 Å². The van der Waals surface area contributed by atoms with Crippen molar-refractivity contribution in [1.29, 1.82) is 0 Å². The first-order valence-corrected chi connectivity index (χ1v) is 9.91. The van der Waals surface area contributed by atoms with Gasteiger partial charge in [-0.05, 0) is 42.7 Å². The smallest absolute Gasteiger partial charge is 0.355 e. The fourth-order valence-electron chi connectivity index (χ4n) is 3.14. The van der Waals surface area contributed by atoms with Gasteiger partial charge < -0.3 is 16.0 Å². The molecule has 2 atom stereocenters. The first-order valence-electron chi connectivity index (χ1n) is 9.91. The summed E-state index contributed by atoms with van der Waals surface area (Å²) in [7, 11) is 0. The van der Waals surface area contributed by atoms with E-state index in [-0.39, 0.29) is 36.0 Å². The first kappa shape index (κ1) is 23.2. The van der Waals surface area contributed by atoms with E-state index >= 15 is 0 Å². The minimum atomic E-state index is -4.82. The predicted octanol–water partition coefficient (Wildman–Crippen LogP) is 4.20. The van der Waals surface area contributed by atoms with Crippen LogP contribution >= 0.6 is 0 Å². The number of carbonyl (C=O) groups is 3. The summed E-state index contributed by atoms with van der Waals surface area (Å²) < 4.78 is 54.3. The lowest BCUT2D eigenvalue weighted by Crippen LogP contribution is -2.29. The summed E-state index contributed by atoms with van der Waals surface area (Å²) in [5.41, 5.74) is -2.20. The maximum absolute atomic E-state index is 13.7. The van der Waals surface area contributed by atoms with Crippen molar-refractivity contribution in [3.63, 3.8) is 0 Å². The molecule has 0 aromatic heterocycles. The molecule has 2 aromatic carbocycles. The van der Waals surface area contributed by atoms with E-state index in [0.29, 0.717) is 12.0 Å². The Hall–Kier alpha value is -3.43. The van der Waals surface area contributed by atoms with Gasteiger partial charge in [-0.3, -0.25) is 14.4 Å². The SMILES string of the molecule is CC1CC1C(=O)NCCC(=O)Nc1ccc(NC(=O)c2ccccc2F)cc1C(F)(F)F. The molecule has 0 radical (unpaired) electrons. The average molecular weight is 451 g/mol. The minimum Gasteiger partial charge on any atom is -0.355 e. The molecule has 3 rings (SSSR count). The van der Waals surface area contributed by atoms with E-state index in [9.17, 15) is 31.9 Å². The molecule has 1 fully saturated rings. The summed E-state index contributed by atoms with van der Waals surface area (Å²) in [6.45, 7) is 1.93.